The van der Waals surface area contributed by atoms with E-state index in [4.69, 9.17) is 4.74 Å². The van der Waals surface area contributed by atoms with Gasteiger partial charge in [0.05, 0.1) is 6.54 Å². The number of ether oxygens (including phenoxy) is 1. The van der Waals surface area contributed by atoms with Crippen molar-refractivity contribution in [2.45, 2.75) is 31.3 Å². The van der Waals surface area contributed by atoms with Crippen molar-refractivity contribution in [1.29, 1.82) is 0 Å². The van der Waals surface area contributed by atoms with Crippen LogP contribution in [0.2, 0.25) is 0 Å². The SMILES string of the molecule is CC(C)(C)OC(=O)NCC=O.CN1CCN(Sc2cccc3c(N(C)C)nccc23)CC1. The van der Waals surface area contributed by atoms with Crippen molar-refractivity contribution in [1.82, 2.24) is 19.5 Å². The van der Waals surface area contributed by atoms with Crippen molar-refractivity contribution in [3.05, 3.63) is 30.5 Å². The van der Waals surface area contributed by atoms with Gasteiger partial charge in [-0.1, -0.05) is 12.1 Å². The lowest BCUT2D eigenvalue weighted by Crippen LogP contribution is -2.40. The summed E-state index contributed by atoms with van der Waals surface area (Å²) >= 11 is 1.88. The molecule has 176 valence electrons. The maximum absolute atomic E-state index is 10.7. The van der Waals surface area contributed by atoms with Crippen LogP contribution in [0.1, 0.15) is 20.8 Å². The zero-order valence-electron chi connectivity index (χ0n) is 19.9. The Morgan fingerprint density at radius 2 is 1.88 bits per heavy atom. The van der Waals surface area contributed by atoms with Crippen LogP contribution < -0.4 is 10.2 Å². The number of nitrogens with zero attached hydrogens (tertiary/aromatic N) is 4. The second kappa shape index (κ2) is 12.0. The molecule has 0 atom stereocenters. The number of alkyl carbamates (subject to hydrolysis) is 1. The van der Waals surface area contributed by atoms with Gasteiger partial charge in [0.25, 0.3) is 0 Å². The maximum Gasteiger partial charge on any atom is 0.408 e. The number of carbonyl (C=O) groups excluding carboxylic acids is 2. The highest BCUT2D eigenvalue weighted by Gasteiger charge is 2.17. The Kier molecular flexibility index (Phi) is 9.74. The number of benzene rings is 1. The molecule has 1 saturated heterocycles. The van der Waals surface area contributed by atoms with Crippen molar-refractivity contribution < 1.29 is 14.3 Å². The van der Waals surface area contributed by atoms with Gasteiger partial charge < -0.3 is 24.6 Å². The van der Waals surface area contributed by atoms with E-state index in [0.29, 0.717) is 6.29 Å². The van der Waals surface area contributed by atoms with E-state index in [2.05, 4.69) is 55.7 Å². The van der Waals surface area contributed by atoms with Crippen LogP contribution in [0.4, 0.5) is 10.6 Å². The first-order valence-corrected chi connectivity index (χ1v) is 11.4. The predicted molar refractivity (Wildman–Crippen MR) is 131 cm³/mol. The minimum absolute atomic E-state index is 0.00505. The molecule has 0 spiro atoms. The third kappa shape index (κ3) is 8.29. The van der Waals surface area contributed by atoms with Crippen LogP contribution >= 0.6 is 11.9 Å². The van der Waals surface area contributed by atoms with E-state index in [0.717, 1.165) is 32.0 Å². The molecular weight excluding hydrogens is 426 g/mol. The molecule has 8 nitrogen and oxygen atoms in total. The summed E-state index contributed by atoms with van der Waals surface area (Å²) in [4.78, 5) is 30.8. The Morgan fingerprint density at radius 3 is 2.47 bits per heavy atom. The quantitative estimate of drug-likeness (QED) is 0.537. The lowest BCUT2D eigenvalue weighted by Gasteiger charge is -2.31. The second-order valence-electron chi connectivity index (χ2n) is 8.75. The Labute approximate surface area is 195 Å². The largest absolute Gasteiger partial charge is 0.444 e. The predicted octanol–water partition coefficient (Wildman–Crippen LogP) is 3.27. The smallest absolute Gasteiger partial charge is 0.408 e. The number of anilines is 1. The van der Waals surface area contributed by atoms with Gasteiger partial charge in [-0.2, -0.15) is 0 Å². The van der Waals surface area contributed by atoms with E-state index in [9.17, 15) is 9.59 Å². The van der Waals surface area contributed by atoms with Crippen molar-refractivity contribution in [3.63, 3.8) is 0 Å². The van der Waals surface area contributed by atoms with Gasteiger partial charge in [0.15, 0.2) is 0 Å². The van der Waals surface area contributed by atoms with Crippen molar-refractivity contribution in [2.75, 3.05) is 58.8 Å². The molecule has 1 aliphatic rings. The molecule has 1 N–H and O–H groups in total. The molecule has 1 fully saturated rings. The van der Waals surface area contributed by atoms with Gasteiger partial charge >= 0.3 is 6.09 Å². The van der Waals surface area contributed by atoms with Gasteiger partial charge in [0, 0.05) is 62.1 Å². The van der Waals surface area contributed by atoms with Crippen molar-refractivity contribution >= 4 is 40.9 Å². The molecule has 0 unspecified atom stereocenters. The molecule has 32 heavy (non-hydrogen) atoms. The van der Waals surface area contributed by atoms with E-state index in [1.807, 2.05) is 32.2 Å². The van der Waals surface area contributed by atoms with Gasteiger partial charge in [-0.15, -0.1) is 0 Å². The normalized spacial score (nSPS) is 14.9. The molecule has 2 heterocycles. The fourth-order valence-electron chi connectivity index (χ4n) is 3.06. The third-order valence-corrected chi connectivity index (χ3v) is 5.76. The summed E-state index contributed by atoms with van der Waals surface area (Å²) in [5, 5.41) is 4.78. The lowest BCUT2D eigenvalue weighted by atomic mass is 10.1. The van der Waals surface area contributed by atoms with Crippen LogP contribution in [0, 0.1) is 0 Å². The molecule has 3 rings (SSSR count). The summed E-state index contributed by atoms with van der Waals surface area (Å²) in [6, 6.07) is 8.63. The minimum Gasteiger partial charge on any atom is -0.444 e. The first-order chi connectivity index (χ1) is 15.1. The second-order valence-corrected chi connectivity index (χ2v) is 9.89. The number of hydrogen-bond acceptors (Lipinski definition) is 8. The standard InChI is InChI=1S/C16H22N4S.C7H13NO3/c1-18(2)16-14-5-4-6-15(13(14)7-8-17-16)21-20-11-9-19(3)10-12-20;1-7(2,3)11-6(10)8-4-5-9/h4-8H,9-12H2,1-3H3;5H,4H2,1-3H3,(H,8,10). The molecule has 0 aliphatic carbocycles. The Bertz CT molecular complexity index is 893. The average Bonchev–Trinajstić information content (AvgIpc) is 2.73. The van der Waals surface area contributed by atoms with Gasteiger partial charge in [-0.05, 0) is 51.9 Å². The van der Waals surface area contributed by atoms with Crippen LogP contribution in [0.15, 0.2) is 35.4 Å². The summed E-state index contributed by atoms with van der Waals surface area (Å²) in [7, 11) is 6.28. The van der Waals surface area contributed by atoms with Gasteiger partial charge in [-0.25, -0.2) is 14.1 Å². The van der Waals surface area contributed by atoms with E-state index in [1.54, 1.807) is 20.8 Å². The van der Waals surface area contributed by atoms with E-state index < -0.39 is 11.7 Å². The molecule has 0 bridgehead atoms. The van der Waals surface area contributed by atoms with E-state index >= 15 is 0 Å². The lowest BCUT2D eigenvalue weighted by molar-refractivity contribution is -0.107. The number of fused-ring (bicyclic) bond motifs is 1. The number of carbonyl (C=O) groups is 2. The number of rotatable bonds is 5. The van der Waals surface area contributed by atoms with Crippen LogP contribution in [-0.4, -0.2) is 86.0 Å². The maximum atomic E-state index is 10.7. The number of aromatic nitrogens is 1. The third-order valence-electron chi connectivity index (χ3n) is 4.59. The molecule has 0 saturated carbocycles. The Morgan fingerprint density at radius 1 is 1.19 bits per heavy atom. The van der Waals surface area contributed by atoms with E-state index in [1.165, 1.54) is 15.7 Å². The Balaban J connectivity index is 0.000000282. The molecule has 1 aromatic heterocycles. The molecular formula is C23H35N5O3S. The number of pyridine rings is 1. The summed E-state index contributed by atoms with van der Waals surface area (Å²) in [5.74, 6) is 1.04. The number of nitrogens with one attached hydrogen (secondary N) is 1. The summed E-state index contributed by atoms with van der Waals surface area (Å²) in [6.07, 6.45) is 1.94. The number of likely N-dealkylation sites (N-methyl/N-ethyl adjacent to an activating group) is 1. The molecule has 1 aliphatic heterocycles. The zero-order chi connectivity index (χ0) is 23.7. The minimum atomic E-state index is -0.565. The highest BCUT2D eigenvalue weighted by atomic mass is 32.2. The van der Waals surface area contributed by atoms with Crippen molar-refractivity contribution in [2.24, 2.45) is 0 Å². The number of aldehydes is 1. The first kappa shape index (κ1) is 25.9. The van der Waals surface area contributed by atoms with E-state index in [-0.39, 0.29) is 6.54 Å². The molecule has 2 aromatic rings. The highest BCUT2D eigenvalue weighted by molar-refractivity contribution is 7.97. The van der Waals surface area contributed by atoms with Gasteiger partial charge in [-0.3, -0.25) is 0 Å². The fourth-order valence-corrected chi connectivity index (χ4v) is 4.10. The van der Waals surface area contributed by atoms with Crippen LogP contribution in [0.25, 0.3) is 10.8 Å². The number of piperazine rings is 1. The van der Waals surface area contributed by atoms with Gasteiger partial charge in [0.2, 0.25) is 0 Å². The fraction of sp³-hybridized carbons (Fsp3) is 0.522. The molecule has 0 radical (unpaired) electrons. The summed E-state index contributed by atoms with van der Waals surface area (Å²) in [6.45, 7) is 9.78. The number of hydrogen-bond donors (Lipinski definition) is 1. The molecule has 1 aromatic carbocycles. The average molecular weight is 462 g/mol. The summed E-state index contributed by atoms with van der Waals surface area (Å²) in [5.41, 5.74) is -0.507. The van der Waals surface area contributed by atoms with Crippen LogP contribution in [0.3, 0.4) is 0 Å². The zero-order valence-corrected chi connectivity index (χ0v) is 20.7. The van der Waals surface area contributed by atoms with Gasteiger partial charge in [0.1, 0.15) is 17.7 Å². The molecule has 9 heteroatoms. The number of amides is 1. The monoisotopic (exact) mass is 461 g/mol. The molecule has 1 amide bonds. The van der Waals surface area contributed by atoms with Crippen molar-refractivity contribution in [3.8, 4) is 0 Å². The Hall–Kier alpha value is -2.36. The summed E-state index contributed by atoms with van der Waals surface area (Å²) < 4.78 is 7.29. The highest BCUT2D eigenvalue weighted by Crippen LogP contribution is 2.33. The topological polar surface area (TPSA) is 78.0 Å². The first-order valence-electron chi connectivity index (χ1n) is 10.7. The van der Waals surface area contributed by atoms with Crippen LogP contribution in [0.5, 0.6) is 0 Å². The van der Waals surface area contributed by atoms with Crippen LogP contribution in [-0.2, 0) is 9.53 Å².